The first-order valence-corrected chi connectivity index (χ1v) is 14.7. The van der Waals surface area contributed by atoms with E-state index in [0.29, 0.717) is 22.3 Å². The summed E-state index contributed by atoms with van der Waals surface area (Å²) in [5.74, 6) is -1.45. The number of ether oxygens (including phenoxy) is 3. The molecule has 1 heterocycles. The van der Waals surface area contributed by atoms with Crippen LogP contribution >= 0.6 is 0 Å². The summed E-state index contributed by atoms with van der Waals surface area (Å²) in [6.45, 7) is 1.47. The molecule has 1 N–H and O–H groups in total. The Morgan fingerprint density at radius 1 is 0.717 bits per heavy atom. The topological polar surface area (TPSA) is 116 Å². The van der Waals surface area contributed by atoms with Crippen molar-refractivity contribution >= 4 is 33.9 Å². The molecule has 0 amide bonds. The van der Waals surface area contributed by atoms with Gasteiger partial charge in [0.25, 0.3) is 0 Å². The zero-order valence-corrected chi connectivity index (χ0v) is 25.2. The van der Waals surface area contributed by atoms with Gasteiger partial charge in [-0.25, -0.2) is 0 Å². The van der Waals surface area contributed by atoms with E-state index in [4.69, 9.17) is 14.2 Å². The van der Waals surface area contributed by atoms with E-state index < -0.39 is 34.1 Å². The van der Waals surface area contributed by atoms with Gasteiger partial charge in [-0.2, -0.15) is 0 Å². The van der Waals surface area contributed by atoms with Gasteiger partial charge < -0.3 is 19.3 Å². The zero-order valence-electron chi connectivity index (χ0n) is 25.2. The Kier molecular flexibility index (Phi) is 6.56. The lowest BCUT2D eigenvalue weighted by Gasteiger charge is -2.51. The van der Waals surface area contributed by atoms with Gasteiger partial charge in [-0.1, -0.05) is 48.5 Å². The molecule has 5 aromatic carbocycles. The minimum absolute atomic E-state index is 0.0897. The minimum Gasteiger partial charge on any atom is -0.507 e. The quantitative estimate of drug-likeness (QED) is 0.172. The van der Waals surface area contributed by atoms with Crippen LogP contribution < -0.4 is 14.2 Å². The second-order valence-corrected chi connectivity index (χ2v) is 11.6. The number of phenols is 1. The zero-order chi connectivity index (χ0) is 32.4. The summed E-state index contributed by atoms with van der Waals surface area (Å²) in [6.07, 6.45) is -0.377. The number of fused-ring (bicyclic) bond motifs is 5. The fraction of sp³-hybridized carbons (Fsp3) is 0.158. The van der Waals surface area contributed by atoms with Crippen LogP contribution in [0.1, 0.15) is 59.5 Å². The number of hydrogen-bond acceptors (Lipinski definition) is 8. The van der Waals surface area contributed by atoms with Crippen LogP contribution in [0.5, 0.6) is 23.0 Å². The Bertz CT molecular complexity index is 2110. The summed E-state index contributed by atoms with van der Waals surface area (Å²) >= 11 is 0. The molecule has 2 aliphatic rings. The van der Waals surface area contributed by atoms with E-state index in [1.807, 2.05) is 0 Å². The number of aromatic hydroxyl groups is 1. The number of carbonyl (C=O) groups excluding carboxylic acids is 4. The highest BCUT2D eigenvalue weighted by atomic mass is 16.5. The van der Waals surface area contributed by atoms with Crippen molar-refractivity contribution in [3.63, 3.8) is 0 Å². The van der Waals surface area contributed by atoms with Crippen LogP contribution in [0.25, 0.3) is 10.8 Å². The van der Waals surface area contributed by atoms with Crippen molar-refractivity contribution in [1.29, 1.82) is 0 Å². The number of phenolic OH excluding ortho intramolecular Hbond substituents is 1. The molecule has 1 aliphatic carbocycles. The van der Waals surface area contributed by atoms with Gasteiger partial charge in [-0.15, -0.1) is 0 Å². The van der Waals surface area contributed by atoms with Gasteiger partial charge in [0.15, 0.2) is 23.0 Å². The van der Waals surface area contributed by atoms with Gasteiger partial charge >= 0.3 is 0 Å². The Labute approximate surface area is 264 Å². The van der Waals surface area contributed by atoms with E-state index >= 15 is 0 Å². The maximum absolute atomic E-state index is 14.9. The Morgan fingerprint density at radius 3 is 1.83 bits per heavy atom. The van der Waals surface area contributed by atoms with E-state index in [0.717, 1.165) is 0 Å². The van der Waals surface area contributed by atoms with Gasteiger partial charge in [0.1, 0.15) is 28.4 Å². The molecule has 2 atom stereocenters. The number of benzene rings is 5. The van der Waals surface area contributed by atoms with Crippen LogP contribution in [-0.2, 0) is 6.42 Å². The Morgan fingerprint density at radius 2 is 1.24 bits per heavy atom. The fourth-order valence-corrected chi connectivity index (χ4v) is 6.87. The van der Waals surface area contributed by atoms with Crippen molar-refractivity contribution in [3.8, 4) is 23.0 Å². The molecule has 8 nitrogen and oxygen atoms in total. The maximum atomic E-state index is 14.9. The highest BCUT2D eigenvalue weighted by molar-refractivity contribution is 6.31. The summed E-state index contributed by atoms with van der Waals surface area (Å²) < 4.78 is 17.2. The molecule has 8 heteroatoms. The van der Waals surface area contributed by atoms with E-state index in [-0.39, 0.29) is 51.3 Å². The fourth-order valence-electron chi connectivity index (χ4n) is 6.87. The predicted molar refractivity (Wildman–Crippen MR) is 170 cm³/mol. The van der Waals surface area contributed by atoms with Crippen LogP contribution in [0, 0.1) is 5.41 Å². The molecule has 0 aromatic heterocycles. The summed E-state index contributed by atoms with van der Waals surface area (Å²) in [6, 6.07) is 25.8. The number of rotatable bonds is 6. The predicted octanol–water partition coefficient (Wildman–Crippen LogP) is 6.44. The van der Waals surface area contributed by atoms with Gasteiger partial charge in [-0.05, 0) is 55.5 Å². The second kappa shape index (κ2) is 10.4. The van der Waals surface area contributed by atoms with Gasteiger partial charge in [-0.3, -0.25) is 19.2 Å². The molecule has 0 spiro atoms. The van der Waals surface area contributed by atoms with Crippen LogP contribution in [0.3, 0.4) is 0 Å². The lowest BCUT2D eigenvalue weighted by Crippen LogP contribution is -2.68. The third kappa shape index (κ3) is 3.86. The molecular weight excluding hydrogens is 584 g/mol. The van der Waals surface area contributed by atoms with Crippen molar-refractivity contribution in [2.45, 2.75) is 18.9 Å². The molecule has 46 heavy (non-hydrogen) atoms. The van der Waals surface area contributed by atoms with Crippen LogP contribution in [-0.4, -0.2) is 48.1 Å². The highest BCUT2D eigenvalue weighted by Gasteiger charge is 2.70. The van der Waals surface area contributed by atoms with E-state index in [1.54, 1.807) is 78.9 Å². The molecule has 7 rings (SSSR count). The summed E-state index contributed by atoms with van der Waals surface area (Å²) in [7, 11) is 3.01. The smallest absolute Gasteiger partial charge is 0.208 e. The number of methoxy groups -OCH3 is 2. The molecular formula is C38H28O8. The third-order valence-electron chi connectivity index (χ3n) is 9.36. The van der Waals surface area contributed by atoms with Crippen molar-refractivity contribution < 1.29 is 38.5 Å². The standard InChI is InChI=1S/C38H28O8/c1-37-35(42)27-10-6-7-11-28(27)36(43)38(37,34(41)22-14-18-24(45-3)19-15-22)20-29-30(31(39)21-12-16-23(44-2)17-13-21)32(40)25-8-4-5-9-26(25)33(29)46-37/h4-19,40H,20H2,1-3H3. The third-order valence-corrected chi connectivity index (χ3v) is 9.36. The second-order valence-electron chi connectivity index (χ2n) is 11.6. The van der Waals surface area contributed by atoms with Gasteiger partial charge in [0, 0.05) is 45.0 Å². The molecule has 0 saturated carbocycles. The number of hydrogen-bond donors (Lipinski definition) is 1. The van der Waals surface area contributed by atoms with Crippen molar-refractivity contribution in [2.24, 2.45) is 5.41 Å². The maximum Gasteiger partial charge on any atom is 0.208 e. The van der Waals surface area contributed by atoms with Crippen LogP contribution in [0.4, 0.5) is 0 Å². The monoisotopic (exact) mass is 612 g/mol. The number of Topliss-reactive ketones (excluding diaryl/α,β-unsaturated/α-hetero) is 3. The minimum atomic E-state index is -2.12. The van der Waals surface area contributed by atoms with Crippen molar-refractivity contribution in [3.05, 3.63) is 130 Å². The van der Waals surface area contributed by atoms with E-state index in [1.165, 1.54) is 39.3 Å². The molecule has 228 valence electrons. The Hall–Kier alpha value is -5.76. The summed E-state index contributed by atoms with van der Waals surface area (Å²) in [5, 5.41) is 12.5. The highest BCUT2D eigenvalue weighted by Crippen LogP contribution is 2.57. The molecule has 2 unspecified atom stereocenters. The SMILES string of the molecule is COc1ccc(C(=O)c2c3c(c4ccccc4c2O)OC2(C)C(=O)c4ccccc4C(=O)C2(C(=O)c2ccc(OC)cc2)C3)cc1. The van der Waals surface area contributed by atoms with Gasteiger partial charge in [0.2, 0.25) is 5.78 Å². The first-order chi connectivity index (χ1) is 22.2. The van der Waals surface area contributed by atoms with E-state index in [9.17, 15) is 24.3 Å². The molecule has 0 fully saturated rings. The Balaban J connectivity index is 1.54. The molecule has 0 radical (unpaired) electrons. The number of carbonyl (C=O) groups is 4. The van der Waals surface area contributed by atoms with Crippen LogP contribution in [0.2, 0.25) is 0 Å². The summed E-state index contributed by atoms with van der Waals surface area (Å²) in [5.41, 5.74) is -3.42. The molecule has 5 aromatic rings. The normalized spacial score (nSPS) is 19.8. The average Bonchev–Trinajstić information content (AvgIpc) is 3.10. The van der Waals surface area contributed by atoms with Gasteiger partial charge in [0.05, 0.1) is 19.8 Å². The lowest BCUT2D eigenvalue weighted by atomic mass is 9.54. The lowest BCUT2D eigenvalue weighted by molar-refractivity contribution is -0.0201. The summed E-state index contributed by atoms with van der Waals surface area (Å²) in [4.78, 5) is 58.4. The molecule has 1 aliphatic heterocycles. The van der Waals surface area contributed by atoms with E-state index in [2.05, 4.69) is 0 Å². The van der Waals surface area contributed by atoms with Crippen molar-refractivity contribution in [2.75, 3.05) is 14.2 Å². The first-order valence-electron chi connectivity index (χ1n) is 14.7. The largest absolute Gasteiger partial charge is 0.507 e. The molecule has 0 saturated heterocycles. The molecule has 0 bridgehead atoms. The number of ketones is 4. The van der Waals surface area contributed by atoms with Crippen molar-refractivity contribution in [1.82, 2.24) is 0 Å². The average molecular weight is 613 g/mol. The first kappa shape index (κ1) is 29.0. The van der Waals surface area contributed by atoms with Crippen LogP contribution in [0.15, 0.2) is 97.1 Å².